The van der Waals surface area contributed by atoms with Gasteiger partial charge < -0.3 is 10.2 Å². The maximum atomic E-state index is 14.5. The molecule has 1 aromatic heterocycles. The van der Waals surface area contributed by atoms with Crippen LogP contribution >= 0.6 is 0 Å². The van der Waals surface area contributed by atoms with Crippen molar-refractivity contribution in [3.05, 3.63) is 70.5 Å². The van der Waals surface area contributed by atoms with Crippen molar-refractivity contribution in [2.24, 2.45) is 0 Å². The molecule has 0 unspecified atom stereocenters. The van der Waals surface area contributed by atoms with Crippen LogP contribution in [0.15, 0.2) is 49.1 Å². The highest BCUT2D eigenvalue weighted by Crippen LogP contribution is 2.28. The van der Waals surface area contributed by atoms with Crippen LogP contribution in [0.1, 0.15) is 23.2 Å². The zero-order valence-electron chi connectivity index (χ0n) is 15.5. The molecule has 152 valence electrons. The Balaban J connectivity index is 1.57. The van der Waals surface area contributed by atoms with Gasteiger partial charge in [-0.1, -0.05) is 0 Å². The molecule has 2 heterocycles. The van der Waals surface area contributed by atoms with E-state index in [1.807, 2.05) is 0 Å². The first-order valence-electron chi connectivity index (χ1n) is 8.99. The number of aromatic nitrogens is 3. The summed E-state index contributed by atoms with van der Waals surface area (Å²) in [5, 5.41) is 17.8. The van der Waals surface area contributed by atoms with Crippen molar-refractivity contribution in [2.75, 3.05) is 16.8 Å². The molecular weight excluding hydrogens is 395 g/mol. The zero-order valence-corrected chi connectivity index (χ0v) is 15.5. The predicted molar refractivity (Wildman–Crippen MR) is 104 cm³/mol. The first kappa shape index (κ1) is 19.2. The van der Waals surface area contributed by atoms with Crippen LogP contribution in [0, 0.1) is 15.9 Å². The number of benzene rings is 2. The van der Waals surface area contributed by atoms with Gasteiger partial charge in [0.1, 0.15) is 24.2 Å². The van der Waals surface area contributed by atoms with Gasteiger partial charge >= 0.3 is 0 Å². The van der Waals surface area contributed by atoms with Crippen molar-refractivity contribution in [1.29, 1.82) is 0 Å². The monoisotopic (exact) mass is 410 g/mol. The molecule has 30 heavy (non-hydrogen) atoms. The Labute approximate surface area is 169 Å². The molecule has 4 rings (SSSR count). The van der Waals surface area contributed by atoms with Crippen LogP contribution < -0.4 is 10.2 Å². The summed E-state index contributed by atoms with van der Waals surface area (Å²) in [6.07, 6.45) is 3.58. The lowest BCUT2D eigenvalue weighted by molar-refractivity contribution is -0.384. The Bertz CT molecular complexity index is 1150. The van der Waals surface area contributed by atoms with E-state index in [-0.39, 0.29) is 34.2 Å². The number of hydrogen-bond donors (Lipinski definition) is 1. The standard InChI is InChI=1S/C19H15FN6O4/c20-14-9-13(4-6-15(14)24-7-1-2-18(24)27)23-19(28)12-3-5-16(17(8-12)26(29)30)25-11-21-10-22-25/h3-6,8-11H,1-2,7H2,(H,23,28). The number of nitro groups is 1. The quantitative estimate of drug-likeness (QED) is 0.510. The fourth-order valence-electron chi connectivity index (χ4n) is 3.25. The third-order valence-electron chi connectivity index (χ3n) is 4.67. The van der Waals surface area contributed by atoms with Crippen LogP contribution in [-0.2, 0) is 4.79 Å². The first-order valence-corrected chi connectivity index (χ1v) is 8.99. The van der Waals surface area contributed by atoms with Crippen molar-refractivity contribution in [3.63, 3.8) is 0 Å². The lowest BCUT2D eigenvalue weighted by Crippen LogP contribution is -2.24. The number of amides is 2. The van der Waals surface area contributed by atoms with E-state index in [1.54, 1.807) is 0 Å². The third-order valence-corrected chi connectivity index (χ3v) is 4.67. The van der Waals surface area contributed by atoms with E-state index in [0.717, 1.165) is 12.1 Å². The van der Waals surface area contributed by atoms with Crippen LogP contribution in [0.25, 0.3) is 5.69 Å². The summed E-state index contributed by atoms with van der Waals surface area (Å²) in [6, 6.07) is 7.89. The van der Waals surface area contributed by atoms with E-state index in [0.29, 0.717) is 19.4 Å². The van der Waals surface area contributed by atoms with Gasteiger partial charge in [-0.05, 0) is 36.8 Å². The number of anilines is 2. The largest absolute Gasteiger partial charge is 0.322 e. The second kappa shape index (κ2) is 7.70. The third kappa shape index (κ3) is 3.60. The number of carbonyl (C=O) groups excluding carboxylic acids is 2. The molecule has 10 nitrogen and oxygen atoms in total. The minimum absolute atomic E-state index is 0.0183. The topological polar surface area (TPSA) is 123 Å². The van der Waals surface area contributed by atoms with E-state index in [4.69, 9.17) is 0 Å². The van der Waals surface area contributed by atoms with Crippen molar-refractivity contribution in [3.8, 4) is 5.69 Å². The molecule has 0 saturated carbocycles. The molecule has 0 aliphatic carbocycles. The highest BCUT2D eigenvalue weighted by molar-refractivity contribution is 6.05. The molecule has 0 spiro atoms. The molecule has 0 atom stereocenters. The molecular formula is C19H15FN6O4. The van der Waals surface area contributed by atoms with Gasteiger partial charge in [0.2, 0.25) is 5.91 Å². The van der Waals surface area contributed by atoms with E-state index in [2.05, 4.69) is 15.4 Å². The molecule has 11 heteroatoms. The molecule has 3 aromatic rings. The van der Waals surface area contributed by atoms with Crippen molar-refractivity contribution in [2.45, 2.75) is 12.8 Å². The predicted octanol–water partition coefficient (Wildman–Crippen LogP) is 2.69. The van der Waals surface area contributed by atoms with Gasteiger partial charge in [-0.2, -0.15) is 5.10 Å². The number of rotatable bonds is 5. The van der Waals surface area contributed by atoms with Crippen LogP contribution in [0.5, 0.6) is 0 Å². The summed E-state index contributed by atoms with van der Waals surface area (Å²) in [5.74, 6) is -1.44. The van der Waals surface area contributed by atoms with Gasteiger partial charge in [0.25, 0.3) is 11.6 Å². The Morgan fingerprint density at radius 2 is 2.00 bits per heavy atom. The Hall–Kier alpha value is -4.15. The molecule has 2 aromatic carbocycles. The second-order valence-electron chi connectivity index (χ2n) is 6.57. The van der Waals surface area contributed by atoms with E-state index in [1.165, 1.54) is 46.5 Å². The van der Waals surface area contributed by atoms with Crippen molar-refractivity contribution in [1.82, 2.24) is 14.8 Å². The van der Waals surface area contributed by atoms with Gasteiger partial charge in [0, 0.05) is 30.3 Å². The average Bonchev–Trinajstić information content (AvgIpc) is 3.40. The first-order chi connectivity index (χ1) is 14.4. The summed E-state index contributed by atoms with van der Waals surface area (Å²) < 4.78 is 15.7. The Kier molecular flexibility index (Phi) is 4.92. The Morgan fingerprint density at radius 1 is 1.20 bits per heavy atom. The summed E-state index contributed by atoms with van der Waals surface area (Å²) in [6.45, 7) is 0.448. The number of carbonyl (C=O) groups is 2. The molecule has 1 aliphatic rings. The second-order valence-corrected chi connectivity index (χ2v) is 6.57. The number of halogens is 1. The molecule has 2 amide bonds. The summed E-state index contributed by atoms with van der Waals surface area (Å²) >= 11 is 0. The van der Waals surface area contributed by atoms with Crippen LogP contribution in [0.4, 0.5) is 21.5 Å². The van der Waals surface area contributed by atoms with Gasteiger partial charge in [-0.3, -0.25) is 19.7 Å². The summed E-state index contributed by atoms with van der Waals surface area (Å²) in [5.41, 5.74) is 0.158. The van der Waals surface area contributed by atoms with Crippen molar-refractivity contribution < 1.29 is 18.9 Å². The normalized spacial score (nSPS) is 13.5. The summed E-state index contributed by atoms with van der Waals surface area (Å²) in [7, 11) is 0. The molecule has 0 bridgehead atoms. The highest BCUT2D eigenvalue weighted by Gasteiger charge is 2.24. The van der Waals surface area contributed by atoms with E-state index >= 15 is 0 Å². The summed E-state index contributed by atoms with van der Waals surface area (Å²) in [4.78, 5) is 40.2. The maximum absolute atomic E-state index is 14.5. The van der Waals surface area contributed by atoms with E-state index < -0.39 is 16.6 Å². The number of nitrogens with one attached hydrogen (secondary N) is 1. The molecule has 1 saturated heterocycles. The lowest BCUT2D eigenvalue weighted by Gasteiger charge is -2.17. The van der Waals surface area contributed by atoms with Gasteiger partial charge in [-0.25, -0.2) is 14.1 Å². The number of nitro benzene ring substituents is 1. The molecule has 0 radical (unpaired) electrons. The SMILES string of the molecule is O=C(Nc1ccc(N2CCCC2=O)c(F)c1)c1ccc(-n2cncn2)c([N+](=O)[O-])c1. The van der Waals surface area contributed by atoms with Crippen LogP contribution in [0.2, 0.25) is 0 Å². The molecule has 1 N–H and O–H groups in total. The fraction of sp³-hybridized carbons (Fsp3) is 0.158. The molecule has 1 aliphatic heterocycles. The smallest absolute Gasteiger partial charge is 0.295 e. The minimum atomic E-state index is -0.646. The maximum Gasteiger partial charge on any atom is 0.295 e. The van der Waals surface area contributed by atoms with Crippen LogP contribution in [0.3, 0.4) is 0 Å². The average molecular weight is 410 g/mol. The highest BCUT2D eigenvalue weighted by atomic mass is 19.1. The van der Waals surface area contributed by atoms with Crippen molar-refractivity contribution >= 4 is 28.9 Å². The van der Waals surface area contributed by atoms with Gasteiger partial charge in [-0.15, -0.1) is 0 Å². The molecule has 1 fully saturated rings. The van der Waals surface area contributed by atoms with Gasteiger partial charge in [0.05, 0.1) is 10.6 Å². The van der Waals surface area contributed by atoms with Gasteiger partial charge in [0.15, 0.2) is 0 Å². The minimum Gasteiger partial charge on any atom is -0.322 e. The Morgan fingerprint density at radius 3 is 2.63 bits per heavy atom. The fourth-order valence-corrected chi connectivity index (χ4v) is 3.25. The lowest BCUT2D eigenvalue weighted by atomic mass is 10.1. The number of nitrogens with zero attached hydrogens (tertiary/aromatic N) is 5. The van der Waals surface area contributed by atoms with E-state index in [9.17, 15) is 24.1 Å². The van der Waals surface area contributed by atoms with Crippen LogP contribution in [-0.4, -0.2) is 38.0 Å². The number of hydrogen-bond acceptors (Lipinski definition) is 6. The zero-order chi connectivity index (χ0) is 21.3.